The molecule has 0 radical (unpaired) electrons. The average Bonchev–Trinajstić information content (AvgIpc) is 3.20. The molecule has 126 valence electrons. The van der Waals surface area contributed by atoms with Crippen molar-refractivity contribution in [2.24, 2.45) is 7.05 Å². The van der Waals surface area contributed by atoms with Gasteiger partial charge in [0.15, 0.2) is 0 Å². The Morgan fingerprint density at radius 1 is 1.38 bits per heavy atom. The molecular weight excluding hydrogens is 322 g/mol. The molecule has 0 aliphatic rings. The van der Waals surface area contributed by atoms with Gasteiger partial charge in [0.1, 0.15) is 10.7 Å². The maximum Gasteiger partial charge on any atom is 0.270 e. The van der Waals surface area contributed by atoms with Crippen molar-refractivity contribution in [3.63, 3.8) is 0 Å². The molecule has 1 aromatic carbocycles. The number of benzene rings is 1. The van der Waals surface area contributed by atoms with Crippen LogP contribution in [0.15, 0.2) is 35.7 Å². The number of thiazole rings is 1. The number of aryl methyl sites for hydroxylation is 1. The van der Waals surface area contributed by atoms with Crippen molar-refractivity contribution in [1.29, 1.82) is 0 Å². The first kappa shape index (κ1) is 16.7. The predicted molar refractivity (Wildman–Crippen MR) is 97.5 cm³/mol. The van der Waals surface area contributed by atoms with Crippen LogP contribution in [0.2, 0.25) is 0 Å². The van der Waals surface area contributed by atoms with Crippen molar-refractivity contribution in [2.45, 2.75) is 13.3 Å². The molecule has 5 nitrogen and oxygen atoms in total. The lowest BCUT2D eigenvalue weighted by atomic mass is 10.2. The Balaban J connectivity index is 1.70. The van der Waals surface area contributed by atoms with Gasteiger partial charge in [0.25, 0.3) is 5.91 Å². The first-order chi connectivity index (χ1) is 11.7. The molecule has 0 saturated carbocycles. The van der Waals surface area contributed by atoms with Crippen LogP contribution in [0.3, 0.4) is 0 Å². The second-order valence-electron chi connectivity index (χ2n) is 5.49. The van der Waals surface area contributed by atoms with Gasteiger partial charge in [-0.1, -0.05) is 18.2 Å². The van der Waals surface area contributed by atoms with Crippen LogP contribution >= 0.6 is 11.3 Å². The Morgan fingerprint density at radius 2 is 2.21 bits per heavy atom. The molecule has 0 bridgehead atoms. The fourth-order valence-electron chi connectivity index (χ4n) is 2.60. The fraction of sp³-hybridized carbons (Fsp3) is 0.333. The molecule has 0 aliphatic heterocycles. The molecule has 0 fully saturated rings. The third-order valence-corrected chi connectivity index (χ3v) is 4.73. The fourth-order valence-corrected chi connectivity index (χ4v) is 3.45. The lowest BCUT2D eigenvalue weighted by Gasteiger charge is -2.03. The molecule has 0 atom stereocenters. The number of ether oxygens (including phenoxy) is 1. The van der Waals surface area contributed by atoms with Crippen LogP contribution < -0.4 is 5.32 Å². The van der Waals surface area contributed by atoms with Gasteiger partial charge in [-0.3, -0.25) is 4.79 Å². The molecule has 24 heavy (non-hydrogen) atoms. The number of carbonyl (C=O) groups is 1. The van der Waals surface area contributed by atoms with Crippen molar-refractivity contribution >= 4 is 28.1 Å². The van der Waals surface area contributed by atoms with E-state index in [-0.39, 0.29) is 5.91 Å². The predicted octanol–water partition coefficient (Wildman–Crippen LogP) is 3.46. The van der Waals surface area contributed by atoms with Crippen LogP contribution in [0.4, 0.5) is 0 Å². The maximum atomic E-state index is 12.2. The van der Waals surface area contributed by atoms with Crippen LogP contribution in [0.5, 0.6) is 0 Å². The summed E-state index contributed by atoms with van der Waals surface area (Å²) in [4.78, 5) is 16.7. The molecule has 0 saturated heterocycles. The molecule has 0 aliphatic carbocycles. The van der Waals surface area contributed by atoms with Gasteiger partial charge in [-0.05, 0) is 25.5 Å². The zero-order chi connectivity index (χ0) is 16.9. The monoisotopic (exact) mass is 343 g/mol. The third kappa shape index (κ3) is 3.49. The number of hydrogen-bond donors (Lipinski definition) is 1. The summed E-state index contributed by atoms with van der Waals surface area (Å²) < 4.78 is 7.37. The standard InChI is InChI=1S/C18H21N3O2S/c1-3-23-10-6-9-19-17(22)14-12-24-18(20-14)16-11-13-7-4-5-8-15(13)21(16)2/h4-5,7-8,11-12H,3,6,9-10H2,1-2H3,(H,19,22). The maximum absolute atomic E-state index is 12.2. The van der Waals surface area contributed by atoms with E-state index < -0.39 is 0 Å². The molecule has 2 heterocycles. The Labute approximate surface area is 145 Å². The number of hydrogen-bond acceptors (Lipinski definition) is 4. The Morgan fingerprint density at radius 3 is 3.00 bits per heavy atom. The molecule has 0 unspecified atom stereocenters. The first-order valence-electron chi connectivity index (χ1n) is 8.07. The SMILES string of the molecule is CCOCCCNC(=O)c1csc(-c2cc3ccccc3n2C)n1. The number of nitrogens with zero attached hydrogens (tertiary/aromatic N) is 2. The topological polar surface area (TPSA) is 56.1 Å². The van der Waals surface area contributed by atoms with E-state index in [1.54, 1.807) is 0 Å². The van der Waals surface area contributed by atoms with Gasteiger partial charge in [-0.25, -0.2) is 4.98 Å². The number of carbonyl (C=O) groups excluding carboxylic acids is 1. The van der Waals surface area contributed by atoms with Crippen LogP contribution in [0.25, 0.3) is 21.6 Å². The minimum atomic E-state index is -0.132. The van der Waals surface area contributed by atoms with Gasteiger partial charge in [-0.2, -0.15) is 0 Å². The van der Waals surface area contributed by atoms with Gasteiger partial charge in [0.05, 0.1) is 5.69 Å². The molecule has 6 heteroatoms. The quantitative estimate of drug-likeness (QED) is 0.669. The summed E-state index contributed by atoms with van der Waals surface area (Å²) in [6.45, 7) is 3.92. The summed E-state index contributed by atoms with van der Waals surface area (Å²) in [7, 11) is 2.02. The third-order valence-electron chi connectivity index (χ3n) is 3.86. The van der Waals surface area contributed by atoms with E-state index in [9.17, 15) is 4.79 Å². The van der Waals surface area contributed by atoms with Crippen molar-refractivity contribution in [3.8, 4) is 10.7 Å². The molecule has 1 amide bonds. The molecule has 0 spiro atoms. The zero-order valence-electron chi connectivity index (χ0n) is 13.9. The Hall–Kier alpha value is -2.18. The van der Waals surface area contributed by atoms with E-state index in [2.05, 4.69) is 33.1 Å². The van der Waals surface area contributed by atoms with Crippen LogP contribution in [0.1, 0.15) is 23.8 Å². The van der Waals surface area contributed by atoms with Crippen molar-refractivity contribution in [2.75, 3.05) is 19.8 Å². The number of aromatic nitrogens is 2. The summed E-state index contributed by atoms with van der Waals surface area (Å²) in [5, 5.41) is 6.72. The zero-order valence-corrected chi connectivity index (χ0v) is 14.7. The van der Waals surface area contributed by atoms with Crippen molar-refractivity contribution < 1.29 is 9.53 Å². The normalized spacial score (nSPS) is 11.1. The van der Waals surface area contributed by atoms with Crippen molar-refractivity contribution in [3.05, 3.63) is 41.4 Å². The second-order valence-corrected chi connectivity index (χ2v) is 6.35. The summed E-state index contributed by atoms with van der Waals surface area (Å²) in [6, 6.07) is 10.3. The van der Waals surface area contributed by atoms with Crippen LogP contribution in [0, 0.1) is 0 Å². The van der Waals surface area contributed by atoms with Crippen molar-refractivity contribution in [1.82, 2.24) is 14.9 Å². The number of fused-ring (bicyclic) bond motifs is 1. The highest BCUT2D eigenvalue weighted by atomic mass is 32.1. The summed E-state index contributed by atoms with van der Waals surface area (Å²) in [5.41, 5.74) is 2.65. The van der Waals surface area contributed by atoms with E-state index in [4.69, 9.17) is 4.74 Å². The van der Waals surface area contributed by atoms with Gasteiger partial charge >= 0.3 is 0 Å². The Kier molecular flexibility index (Phi) is 5.27. The van der Waals surface area contributed by atoms with E-state index in [0.29, 0.717) is 25.5 Å². The number of nitrogens with one attached hydrogen (secondary N) is 1. The number of amides is 1. The first-order valence-corrected chi connectivity index (χ1v) is 8.95. The van der Waals surface area contributed by atoms with Gasteiger partial charge in [0, 0.05) is 43.1 Å². The summed E-state index contributed by atoms with van der Waals surface area (Å²) >= 11 is 1.49. The summed E-state index contributed by atoms with van der Waals surface area (Å²) in [5.74, 6) is -0.132. The van der Waals surface area contributed by atoms with E-state index in [1.165, 1.54) is 16.7 Å². The number of rotatable bonds is 7. The second kappa shape index (κ2) is 7.59. The average molecular weight is 343 g/mol. The van der Waals surface area contributed by atoms with E-state index >= 15 is 0 Å². The summed E-state index contributed by atoms with van der Waals surface area (Å²) in [6.07, 6.45) is 0.805. The molecular formula is C18H21N3O2S. The highest BCUT2D eigenvalue weighted by molar-refractivity contribution is 7.13. The lowest BCUT2D eigenvalue weighted by molar-refractivity contribution is 0.0940. The van der Waals surface area contributed by atoms with Crippen LogP contribution in [-0.2, 0) is 11.8 Å². The van der Waals surface area contributed by atoms with E-state index in [1.807, 2.05) is 31.5 Å². The van der Waals surface area contributed by atoms with Gasteiger partial charge < -0.3 is 14.6 Å². The number of para-hydroxylation sites is 1. The minimum Gasteiger partial charge on any atom is -0.382 e. The lowest BCUT2D eigenvalue weighted by Crippen LogP contribution is -2.25. The molecule has 1 N–H and O–H groups in total. The molecule has 3 rings (SSSR count). The van der Waals surface area contributed by atoms with Crippen LogP contribution in [-0.4, -0.2) is 35.2 Å². The Bertz CT molecular complexity index is 838. The minimum absolute atomic E-state index is 0.132. The largest absolute Gasteiger partial charge is 0.382 e. The van der Waals surface area contributed by atoms with Gasteiger partial charge in [-0.15, -0.1) is 11.3 Å². The van der Waals surface area contributed by atoms with Gasteiger partial charge in [0.2, 0.25) is 0 Å². The molecule has 2 aromatic heterocycles. The molecule has 3 aromatic rings. The van der Waals surface area contributed by atoms with E-state index in [0.717, 1.165) is 22.6 Å². The highest BCUT2D eigenvalue weighted by Gasteiger charge is 2.14. The smallest absolute Gasteiger partial charge is 0.270 e. The highest BCUT2D eigenvalue weighted by Crippen LogP contribution is 2.29.